The monoisotopic (exact) mass is 304 g/mol. The highest BCUT2D eigenvalue weighted by Crippen LogP contribution is 2.39. The molecule has 1 aliphatic carbocycles. The zero-order chi connectivity index (χ0) is 14.8. The summed E-state index contributed by atoms with van der Waals surface area (Å²) in [5.41, 5.74) is 2.13. The summed E-state index contributed by atoms with van der Waals surface area (Å²) in [5.74, 6) is 2.73. The topological polar surface area (TPSA) is 44.2 Å². The third kappa shape index (κ3) is 3.27. The van der Waals surface area contributed by atoms with Crippen LogP contribution in [0.5, 0.6) is 11.5 Å². The van der Waals surface area contributed by atoms with Crippen molar-refractivity contribution in [3.05, 3.63) is 46.5 Å². The van der Waals surface area contributed by atoms with Crippen LogP contribution in [0.25, 0.3) is 0 Å². The maximum absolute atomic E-state index is 6.10. The van der Waals surface area contributed by atoms with Crippen LogP contribution in [0.1, 0.15) is 35.8 Å². The number of benzene rings is 1. The number of rotatable bonds is 5. The Bertz CT molecular complexity index is 657. The van der Waals surface area contributed by atoms with Crippen LogP contribution in [0, 0.1) is 0 Å². The molecule has 0 unspecified atom stereocenters. The molecule has 0 spiro atoms. The van der Waals surface area contributed by atoms with Crippen molar-refractivity contribution in [1.29, 1.82) is 0 Å². The Kier molecular flexibility index (Phi) is 3.97. The Hall–Kier alpha value is -1.81. The van der Waals surface area contributed by atoms with E-state index in [9.17, 15) is 0 Å². The molecule has 110 valence electrons. The van der Waals surface area contributed by atoms with E-state index in [1.54, 1.807) is 14.2 Å². The molecule has 1 heterocycles. The van der Waals surface area contributed by atoms with Gasteiger partial charge in [-0.1, -0.05) is 17.7 Å². The average molecular weight is 305 g/mol. The summed E-state index contributed by atoms with van der Waals surface area (Å²) in [6.45, 7) is 0. The Morgan fingerprint density at radius 2 is 1.86 bits per heavy atom. The predicted molar refractivity (Wildman–Crippen MR) is 81.4 cm³/mol. The summed E-state index contributed by atoms with van der Waals surface area (Å²) >= 11 is 6.10. The molecule has 0 saturated heterocycles. The van der Waals surface area contributed by atoms with Gasteiger partial charge in [-0.15, -0.1) is 0 Å². The molecule has 4 nitrogen and oxygen atoms in total. The van der Waals surface area contributed by atoms with Crippen LogP contribution in [-0.4, -0.2) is 24.2 Å². The lowest BCUT2D eigenvalue weighted by Crippen LogP contribution is -2.01. The lowest BCUT2D eigenvalue weighted by atomic mass is 10.1. The zero-order valence-electron chi connectivity index (χ0n) is 12.1. The molecule has 2 aromatic rings. The predicted octanol–water partition coefficient (Wildman–Crippen LogP) is 3.62. The fourth-order valence-corrected chi connectivity index (χ4v) is 2.53. The summed E-state index contributed by atoms with van der Waals surface area (Å²) < 4.78 is 10.6. The summed E-state index contributed by atoms with van der Waals surface area (Å²) in [6.07, 6.45) is 3.02. The molecular formula is C16H17ClN2O2. The van der Waals surface area contributed by atoms with E-state index in [-0.39, 0.29) is 0 Å². The van der Waals surface area contributed by atoms with Crippen molar-refractivity contribution in [3.63, 3.8) is 0 Å². The average Bonchev–Trinajstić information content (AvgIpc) is 3.31. The van der Waals surface area contributed by atoms with Gasteiger partial charge >= 0.3 is 0 Å². The first-order valence-corrected chi connectivity index (χ1v) is 7.31. The number of halogens is 1. The number of aromatic nitrogens is 2. The van der Waals surface area contributed by atoms with E-state index < -0.39 is 0 Å². The van der Waals surface area contributed by atoms with E-state index in [0.29, 0.717) is 29.0 Å². The molecule has 21 heavy (non-hydrogen) atoms. The van der Waals surface area contributed by atoms with Crippen molar-refractivity contribution < 1.29 is 9.47 Å². The first-order valence-electron chi connectivity index (χ1n) is 6.94. The highest BCUT2D eigenvalue weighted by Gasteiger charge is 2.26. The molecule has 1 aliphatic rings. The highest BCUT2D eigenvalue weighted by molar-refractivity contribution is 6.29. The van der Waals surface area contributed by atoms with Crippen molar-refractivity contribution in [3.8, 4) is 11.5 Å². The maximum Gasteiger partial charge on any atom is 0.161 e. The maximum atomic E-state index is 6.10. The number of methoxy groups -OCH3 is 2. The first-order chi connectivity index (χ1) is 10.2. The van der Waals surface area contributed by atoms with Crippen LogP contribution in [0.3, 0.4) is 0 Å². The standard InChI is InChI=1S/C16H17ClN2O2/c1-20-13-6-3-10(7-14(13)21-2)8-16-18-12(11-4-5-11)9-15(17)19-16/h3,6-7,9,11H,4-5,8H2,1-2H3. The van der Waals surface area contributed by atoms with Crippen molar-refractivity contribution in [1.82, 2.24) is 9.97 Å². The summed E-state index contributed by atoms with van der Waals surface area (Å²) in [7, 11) is 3.25. The summed E-state index contributed by atoms with van der Waals surface area (Å²) in [6, 6.07) is 7.69. The molecule has 0 radical (unpaired) electrons. The van der Waals surface area contributed by atoms with E-state index in [2.05, 4.69) is 9.97 Å². The third-order valence-corrected chi connectivity index (χ3v) is 3.76. The Morgan fingerprint density at radius 1 is 1.10 bits per heavy atom. The molecule has 0 amide bonds. The van der Waals surface area contributed by atoms with E-state index in [0.717, 1.165) is 17.1 Å². The second-order valence-electron chi connectivity index (χ2n) is 5.17. The number of nitrogens with zero attached hydrogens (tertiary/aromatic N) is 2. The minimum atomic E-state index is 0.516. The van der Waals surface area contributed by atoms with Gasteiger partial charge in [-0.3, -0.25) is 0 Å². The van der Waals surface area contributed by atoms with Crippen LogP contribution in [0.4, 0.5) is 0 Å². The molecule has 1 aromatic carbocycles. The second kappa shape index (κ2) is 5.90. The van der Waals surface area contributed by atoms with Gasteiger partial charge in [-0.2, -0.15) is 0 Å². The number of hydrogen-bond donors (Lipinski definition) is 0. The van der Waals surface area contributed by atoms with Crippen LogP contribution in [0.15, 0.2) is 24.3 Å². The molecule has 1 fully saturated rings. The third-order valence-electron chi connectivity index (χ3n) is 3.57. The van der Waals surface area contributed by atoms with Gasteiger partial charge in [-0.25, -0.2) is 9.97 Å². The molecule has 0 atom stereocenters. The Labute approximate surface area is 129 Å². The van der Waals surface area contributed by atoms with Crippen molar-refractivity contribution in [2.45, 2.75) is 25.2 Å². The van der Waals surface area contributed by atoms with Gasteiger partial charge in [0.05, 0.1) is 14.2 Å². The fourth-order valence-electron chi connectivity index (χ4n) is 2.32. The van der Waals surface area contributed by atoms with Crippen LogP contribution in [-0.2, 0) is 6.42 Å². The minimum Gasteiger partial charge on any atom is -0.493 e. The number of hydrogen-bond acceptors (Lipinski definition) is 4. The van der Waals surface area contributed by atoms with Gasteiger partial charge in [0.15, 0.2) is 11.5 Å². The van der Waals surface area contributed by atoms with E-state index >= 15 is 0 Å². The van der Waals surface area contributed by atoms with Gasteiger partial charge in [0.2, 0.25) is 0 Å². The van der Waals surface area contributed by atoms with E-state index in [4.69, 9.17) is 21.1 Å². The van der Waals surface area contributed by atoms with Gasteiger partial charge in [0, 0.05) is 18.0 Å². The van der Waals surface area contributed by atoms with Gasteiger partial charge in [-0.05, 0) is 36.6 Å². The summed E-state index contributed by atoms with van der Waals surface area (Å²) in [4.78, 5) is 8.94. The Morgan fingerprint density at radius 3 is 2.52 bits per heavy atom. The SMILES string of the molecule is COc1ccc(Cc2nc(Cl)cc(C3CC3)n2)cc1OC. The van der Waals surface area contributed by atoms with E-state index in [1.165, 1.54) is 12.8 Å². The molecule has 1 saturated carbocycles. The van der Waals surface area contributed by atoms with Crippen LogP contribution in [0.2, 0.25) is 5.15 Å². The molecule has 0 bridgehead atoms. The molecule has 3 rings (SSSR count). The summed E-state index contributed by atoms with van der Waals surface area (Å²) in [5, 5.41) is 0.516. The van der Waals surface area contributed by atoms with Crippen molar-refractivity contribution >= 4 is 11.6 Å². The van der Waals surface area contributed by atoms with Crippen molar-refractivity contribution in [2.24, 2.45) is 0 Å². The fraction of sp³-hybridized carbons (Fsp3) is 0.375. The lowest BCUT2D eigenvalue weighted by Gasteiger charge is -2.09. The molecule has 0 N–H and O–H groups in total. The molecule has 0 aliphatic heterocycles. The van der Waals surface area contributed by atoms with Gasteiger partial charge in [0.25, 0.3) is 0 Å². The van der Waals surface area contributed by atoms with E-state index in [1.807, 2.05) is 24.3 Å². The quantitative estimate of drug-likeness (QED) is 0.791. The van der Waals surface area contributed by atoms with Crippen molar-refractivity contribution in [2.75, 3.05) is 14.2 Å². The lowest BCUT2D eigenvalue weighted by molar-refractivity contribution is 0.354. The molecule has 5 heteroatoms. The normalized spacial score (nSPS) is 14.0. The minimum absolute atomic E-state index is 0.516. The highest BCUT2D eigenvalue weighted by atomic mass is 35.5. The molecule has 1 aromatic heterocycles. The van der Waals surface area contributed by atoms with Gasteiger partial charge < -0.3 is 9.47 Å². The van der Waals surface area contributed by atoms with Crippen LogP contribution < -0.4 is 9.47 Å². The Balaban J connectivity index is 1.86. The van der Waals surface area contributed by atoms with Gasteiger partial charge in [0.1, 0.15) is 11.0 Å². The molecular weight excluding hydrogens is 288 g/mol. The first kappa shape index (κ1) is 14.1. The van der Waals surface area contributed by atoms with Crippen LogP contribution >= 0.6 is 11.6 Å². The largest absolute Gasteiger partial charge is 0.493 e. The zero-order valence-corrected chi connectivity index (χ0v) is 12.9. The number of ether oxygens (including phenoxy) is 2. The smallest absolute Gasteiger partial charge is 0.161 e. The second-order valence-corrected chi connectivity index (χ2v) is 5.56.